The molecule has 2 atom stereocenters. The number of likely N-dealkylation sites (N-methyl/N-ethyl adjacent to an activating group) is 1. The number of rotatable bonds is 36. The van der Waals surface area contributed by atoms with E-state index >= 15 is 0 Å². The molecule has 0 radical (unpaired) electrons. The fraction of sp³-hybridized carbons (Fsp3) is 0.674. The molecule has 0 aliphatic rings. The third-order valence-corrected chi connectivity index (χ3v) is 8.84. The lowest BCUT2D eigenvalue weighted by Crippen LogP contribution is -2.50. The normalized spacial score (nSPS) is 13.7. The molecule has 0 saturated heterocycles. The van der Waals surface area contributed by atoms with Crippen molar-refractivity contribution in [3.8, 4) is 0 Å². The second-order valence-electron chi connectivity index (χ2n) is 14.9. The molecule has 2 unspecified atom stereocenters. The monoisotopic (exact) mass is 757 g/mol. The predicted molar refractivity (Wildman–Crippen MR) is 224 cm³/mol. The van der Waals surface area contributed by atoms with E-state index in [4.69, 9.17) is 14.2 Å². The summed E-state index contributed by atoms with van der Waals surface area (Å²) in [4.78, 5) is 36.9. The Hall–Kier alpha value is -3.23. The maximum Gasteiger partial charge on any atom is 0.362 e. The first-order valence-electron chi connectivity index (χ1n) is 21.0. The lowest BCUT2D eigenvalue weighted by atomic mass is 10.1. The number of allylic oxidation sites excluding steroid dienone is 12. The Morgan fingerprint density at radius 2 is 1.06 bits per heavy atom. The van der Waals surface area contributed by atoms with Crippen molar-refractivity contribution in [2.45, 2.75) is 161 Å². The second-order valence-corrected chi connectivity index (χ2v) is 14.9. The molecule has 0 aromatic heterocycles. The van der Waals surface area contributed by atoms with Gasteiger partial charge in [-0.25, -0.2) is 4.79 Å². The molecule has 0 saturated carbocycles. The van der Waals surface area contributed by atoms with Crippen molar-refractivity contribution in [3.05, 3.63) is 72.9 Å². The number of hydrogen-bond acceptors (Lipinski definition) is 6. The topological polar surface area (TPSA) is 99.1 Å². The third kappa shape index (κ3) is 34.5. The largest absolute Gasteiger partial charge is 0.477 e. The number of carboxylic acids is 1. The minimum Gasteiger partial charge on any atom is -0.477 e. The van der Waals surface area contributed by atoms with Crippen LogP contribution in [-0.4, -0.2) is 80.6 Å². The second kappa shape index (κ2) is 36.7. The molecule has 0 aliphatic carbocycles. The first-order valence-corrected chi connectivity index (χ1v) is 21.0. The van der Waals surface area contributed by atoms with Gasteiger partial charge in [0.25, 0.3) is 0 Å². The van der Waals surface area contributed by atoms with Crippen LogP contribution in [0.4, 0.5) is 0 Å². The summed E-state index contributed by atoms with van der Waals surface area (Å²) in [6.07, 6.45) is 45.2. The van der Waals surface area contributed by atoms with Crippen molar-refractivity contribution in [2.75, 3.05) is 41.0 Å². The summed E-state index contributed by atoms with van der Waals surface area (Å²) in [6.45, 7) is 4.51. The van der Waals surface area contributed by atoms with Gasteiger partial charge in [-0.1, -0.05) is 125 Å². The standard InChI is InChI=1S/C46H77NO7/c1-6-8-10-12-14-16-18-20-21-22-23-25-26-28-30-32-34-36-44(48)53-41-42(40-52-39-38-43(46(50)51)47(3,4)5)54-45(49)37-35-33-31-29-27-24-19-17-15-13-11-9-7-2/h8,10,14,16,20-21,23-25,27-28,30,42-43H,6-7,9,11-13,15,17-19,22,26,29,31-41H2,1-5H3/p+1/b10-8+,16-14+,21-20+,25-23+,27-24+,30-28+. The number of carboxylic acid groups (broad SMARTS) is 1. The summed E-state index contributed by atoms with van der Waals surface area (Å²) in [7, 11) is 5.49. The molecule has 8 heteroatoms. The number of esters is 2. The van der Waals surface area contributed by atoms with E-state index in [0.29, 0.717) is 19.3 Å². The molecule has 8 nitrogen and oxygen atoms in total. The number of nitrogens with zero attached hydrogens (tertiary/aromatic N) is 1. The van der Waals surface area contributed by atoms with Crippen LogP contribution in [0.2, 0.25) is 0 Å². The highest BCUT2D eigenvalue weighted by atomic mass is 16.6. The zero-order chi connectivity index (χ0) is 40.0. The number of aliphatic carboxylic acids is 1. The van der Waals surface area contributed by atoms with Crippen molar-refractivity contribution in [1.29, 1.82) is 0 Å². The maximum absolute atomic E-state index is 12.7. The van der Waals surface area contributed by atoms with Gasteiger partial charge in [0.15, 0.2) is 12.1 Å². The average Bonchev–Trinajstić information content (AvgIpc) is 3.12. The summed E-state index contributed by atoms with van der Waals surface area (Å²) >= 11 is 0. The van der Waals surface area contributed by atoms with Gasteiger partial charge >= 0.3 is 17.9 Å². The van der Waals surface area contributed by atoms with Crippen LogP contribution in [0.5, 0.6) is 0 Å². The molecular weight excluding hydrogens is 679 g/mol. The molecule has 0 aliphatic heterocycles. The van der Waals surface area contributed by atoms with E-state index in [-0.39, 0.29) is 42.7 Å². The molecule has 0 bridgehead atoms. The quantitative estimate of drug-likeness (QED) is 0.0294. The van der Waals surface area contributed by atoms with Crippen molar-refractivity contribution in [3.63, 3.8) is 0 Å². The summed E-state index contributed by atoms with van der Waals surface area (Å²) in [5.74, 6) is -1.57. The van der Waals surface area contributed by atoms with Gasteiger partial charge < -0.3 is 23.8 Å². The van der Waals surface area contributed by atoms with Gasteiger partial charge in [0, 0.05) is 19.3 Å². The Morgan fingerprint density at radius 3 is 1.61 bits per heavy atom. The molecule has 0 aromatic carbocycles. The van der Waals surface area contributed by atoms with Crippen molar-refractivity contribution in [1.82, 2.24) is 0 Å². The molecule has 0 heterocycles. The molecule has 0 rings (SSSR count). The maximum atomic E-state index is 12.7. The van der Waals surface area contributed by atoms with E-state index in [1.165, 1.54) is 38.5 Å². The van der Waals surface area contributed by atoms with Gasteiger partial charge in [-0.05, 0) is 77.0 Å². The molecule has 54 heavy (non-hydrogen) atoms. The van der Waals surface area contributed by atoms with E-state index in [1.54, 1.807) is 0 Å². The van der Waals surface area contributed by atoms with Crippen LogP contribution in [0.15, 0.2) is 72.9 Å². The van der Waals surface area contributed by atoms with Gasteiger partial charge in [-0.15, -0.1) is 0 Å². The Balaban J connectivity index is 4.51. The van der Waals surface area contributed by atoms with Crippen LogP contribution in [-0.2, 0) is 28.6 Å². The lowest BCUT2D eigenvalue weighted by Gasteiger charge is -2.31. The summed E-state index contributed by atoms with van der Waals surface area (Å²) in [6, 6.07) is -0.628. The molecule has 1 N–H and O–H groups in total. The average molecular weight is 757 g/mol. The van der Waals surface area contributed by atoms with Crippen molar-refractivity contribution in [2.24, 2.45) is 0 Å². The number of ether oxygens (including phenoxy) is 3. The first-order chi connectivity index (χ1) is 26.1. The van der Waals surface area contributed by atoms with Crippen LogP contribution in [0.25, 0.3) is 0 Å². The van der Waals surface area contributed by atoms with Crippen molar-refractivity contribution >= 4 is 17.9 Å². The van der Waals surface area contributed by atoms with Crippen LogP contribution in [0, 0.1) is 0 Å². The Morgan fingerprint density at radius 1 is 0.574 bits per heavy atom. The molecular formula is C46H78NO7+. The zero-order valence-electron chi connectivity index (χ0n) is 34.9. The van der Waals surface area contributed by atoms with E-state index in [1.807, 2.05) is 21.1 Å². The van der Waals surface area contributed by atoms with Crippen LogP contribution in [0.3, 0.4) is 0 Å². The zero-order valence-corrected chi connectivity index (χ0v) is 34.9. The molecule has 308 valence electrons. The first kappa shape index (κ1) is 50.8. The van der Waals surface area contributed by atoms with Gasteiger partial charge in [-0.3, -0.25) is 9.59 Å². The van der Waals surface area contributed by atoms with Crippen LogP contribution < -0.4 is 0 Å². The number of unbranched alkanes of at least 4 members (excludes halogenated alkanes) is 10. The van der Waals surface area contributed by atoms with E-state index in [2.05, 4.69) is 86.8 Å². The summed E-state index contributed by atoms with van der Waals surface area (Å²) in [5.41, 5.74) is 0. The minimum absolute atomic E-state index is 0.0337. The van der Waals surface area contributed by atoms with E-state index < -0.39 is 18.1 Å². The highest BCUT2D eigenvalue weighted by Crippen LogP contribution is 2.12. The van der Waals surface area contributed by atoms with Crippen LogP contribution >= 0.6 is 0 Å². The molecule has 0 fully saturated rings. The van der Waals surface area contributed by atoms with Gasteiger partial charge in [0.2, 0.25) is 0 Å². The summed E-state index contributed by atoms with van der Waals surface area (Å²) in [5, 5.41) is 9.60. The third-order valence-electron chi connectivity index (χ3n) is 8.84. The molecule has 0 amide bonds. The van der Waals surface area contributed by atoms with Crippen LogP contribution in [0.1, 0.15) is 149 Å². The Labute approximate surface area is 330 Å². The summed E-state index contributed by atoms with van der Waals surface area (Å²) < 4.78 is 17.2. The SMILES string of the molecule is CC/C=C/C/C=C/C/C=C/C/C=C/C/C=C/CCCC(=O)OCC(COCCC(C(=O)O)[N+](C)(C)C)OC(=O)CCCCC/C=C/CCCCCCCC. The van der Waals surface area contributed by atoms with Gasteiger partial charge in [0.1, 0.15) is 6.61 Å². The number of carbonyl (C=O) groups is 3. The molecule has 0 spiro atoms. The van der Waals surface area contributed by atoms with E-state index in [9.17, 15) is 19.5 Å². The minimum atomic E-state index is -0.888. The van der Waals surface area contributed by atoms with E-state index in [0.717, 1.165) is 70.6 Å². The Bertz CT molecular complexity index is 1110. The van der Waals surface area contributed by atoms with Crippen molar-refractivity contribution < 1.29 is 38.2 Å². The lowest BCUT2D eigenvalue weighted by molar-refractivity contribution is -0.887. The predicted octanol–water partition coefficient (Wildman–Crippen LogP) is 11.2. The fourth-order valence-corrected chi connectivity index (χ4v) is 5.59. The Kier molecular flexibility index (Phi) is 34.5. The number of hydrogen-bond donors (Lipinski definition) is 1. The van der Waals surface area contributed by atoms with Gasteiger partial charge in [-0.2, -0.15) is 0 Å². The van der Waals surface area contributed by atoms with Gasteiger partial charge in [0.05, 0.1) is 34.4 Å². The highest BCUT2D eigenvalue weighted by molar-refractivity contribution is 5.72. The number of quaternary nitrogens is 1. The highest BCUT2D eigenvalue weighted by Gasteiger charge is 2.31. The smallest absolute Gasteiger partial charge is 0.362 e. The molecule has 0 aromatic rings. The number of carbonyl (C=O) groups excluding carboxylic acids is 2. The fourth-order valence-electron chi connectivity index (χ4n) is 5.59.